The minimum absolute atomic E-state index is 0.108. The van der Waals surface area contributed by atoms with Crippen LogP contribution in [0.3, 0.4) is 0 Å². The fraction of sp³-hybridized carbons (Fsp3) is 0.417. The Bertz CT molecular complexity index is 1210. The van der Waals surface area contributed by atoms with E-state index in [0.29, 0.717) is 28.3 Å². The van der Waals surface area contributed by atoms with E-state index < -0.39 is 6.43 Å². The van der Waals surface area contributed by atoms with Gasteiger partial charge in [-0.25, -0.2) is 23.8 Å². The number of halogens is 2. The molecule has 2 aromatic rings. The summed E-state index contributed by atoms with van der Waals surface area (Å²) in [7, 11) is 0. The number of hydrogen-bond acceptors (Lipinski definition) is 6. The van der Waals surface area contributed by atoms with Gasteiger partial charge in [-0.15, -0.1) is 0 Å². The molecule has 33 heavy (non-hydrogen) atoms. The quantitative estimate of drug-likeness (QED) is 0.617. The van der Waals surface area contributed by atoms with Crippen molar-refractivity contribution in [1.29, 1.82) is 0 Å². The maximum atomic E-state index is 13.8. The second-order valence-electron chi connectivity index (χ2n) is 8.59. The summed E-state index contributed by atoms with van der Waals surface area (Å²) in [6.45, 7) is 7.34. The van der Waals surface area contributed by atoms with Crippen molar-refractivity contribution in [2.45, 2.75) is 58.0 Å². The van der Waals surface area contributed by atoms with Crippen LogP contribution in [0.15, 0.2) is 56.9 Å². The minimum Gasteiger partial charge on any atom is -0.440 e. The second-order valence-corrected chi connectivity index (χ2v) is 8.59. The predicted molar refractivity (Wildman–Crippen MR) is 121 cm³/mol. The zero-order valence-electron chi connectivity index (χ0n) is 18.5. The molecule has 2 fully saturated rings. The van der Waals surface area contributed by atoms with Crippen LogP contribution in [-0.2, 0) is 0 Å². The summed E-state index contributed by atoms with van der Waals surface area (Å²) in [5.74, 6) is 0.383. The first-order valence-electron chi connectivity index (χ1n) is 11.1. The molecule has 1 aromatic carbocycles. The summed E-state index contributed by atoms with van der Waals surface area (Å²) in [4.78, 5) is 24.0. The molecule has 3 atom stereocenters. The molecule has 0 radical (unpaired) electrons. The number of hydrazone groups is 1. The number of carbonyl (C=O) groups excluding carboxylic acids is 1. The minimum atomic E-state index is -2.71. The first-order valence-corrected chi connectivity index (χ1v) is 11.1. The highest BCUT2D eigenvalue weighted by atomic mass is 19.3. The third-order valence-electron chi connectivity index (χ3n) is 6.69. The Morgan fingerprint density at radius 1 is 1.30 bits per heavy atom. The molecule has 0 N–H and O–H groups in total. The van der Waals surface area contributed by atoms with E-state index in [1.54, 1.807) is 32.2 Å². The Kier molecular flexibility index (Phi) is 5.34. The molecule has 1 aromatic heterocycles. The van der Waals surface area contributed by atoms with E-state index in [9.17, 15) is 13.6 Å². The lowest BCUT2D eigenvalue weighted by atomic mass is 9.85. The van der Waals surface area contributed by atoms with Gasteiger partial charge < -0.3 is 9.32 Å². The van der Waals surface area contributed by atoms with Gasteiger partial charge in [-0.1, -0.05) is 12.6 Å². The van der Waals surface area contributed by atoms with Gasteiger partial charge in [0.2, 0.25) is 0 Å². The molecule has 172 valence electrons. The molecule has 0 saturated carbocycles. The molecule has 2 saturated heterocycles. The van der Waals surface area contributed by atoms with Gasteiger partial charge in [0, 0.05) is 31.1 Å². The van der Waals surface area contributed by atoms with Crippen molar-refractivity contribution in [3.05, 3.63) is 53.8 Å². The molecule has 3 aliphatic heterocycles. The van der Waals surface area contributed by atoms with Gasteiger partial charge in [0.1, 0.15) is 17.0 Å². The molecule has 0 aliphatic carbocycles. The van der Waals surface area contributed by atoms with Crippen molar-refractivity contribution in [2.75, 3.05) is 0 Å². The summed E-state index contributed by atoms with van der Waals surface area (Å²) in [6.07, 6.45) is 3.51. The number of nitrogens with zero attached hydrogens (tertiary/aromatic N) is 5. The Morgan fingerprint density at radius 2 is 2.09 bits per heavy atom. The Labute approximate surface area is 190 Å². The normalized spacial score (nSPS) is 25.4. The molecule has 0 spiro atoms. The molecule has 2 bridgehead atoms. The number of para-hydroxylation sites is 1. The molecule has 3 unspecified atom stereocenters. The fourth-order valence-electron chi connectivity index (χ4n) is 5.40. The Hall–Kier alpha value is -3.36. The molecule has 4 heterocycles. The van der Waals surface area contributed by atoms with Crippen molar-refractivity contribution >= 4 is 28.9 Å². The molecular formula is C24H25F2N5O2. The third kappa shape index (κ3) is 3.55. The number of allylic oxidation sites excluding steroid dienone is 1. The van der Waals surface area contributed by atoms with Crippen LogP contribution in [0.5, 0.6) is 0 Å². The lowest BCUT2D eigenvalue weighted by Crippen LogP contribution is -2.50. The molecule has 7 nitrogen and oxygen atoms in total. The molecule has 5 rings (SSSR count). The monoisotopic (exact) mass is 453 g/mol. The van der Waals surface area contributed by atoms with Gasteiger partial charge in [-0.2, -0.15) is 5.10 Å². The van der Waals surface area contributed by atoms with Crippen LogP contribution < -0.4 is 0 Å². The number of amides is 1. The van der Waals surface area contributed by atoms with Gasteiger partial charge in [-0.05, 0) is 50.8 Å². The van der Waals surface area contributed by atoms with Crippen molar-refractivity contribution < 1.29 is 18.0 Å². The number of aromatic nitrogens is 1. The van der Waals surface area contributed by atoms with Crippen LogP contribution >= 0.6 is 0 Å². The van der Waals surface area contributed by atoms with E-state index in [0.717, 1.165) is 25.7 Å². The van der Waals surface area contributed by atoms with Crippen LogP contribution in [-0.4, -0.2) is 51.2 Å². The van der Waals surface area contributed by atoms with Gasteiger partial charge in [0.05, 0.1) is 11.3 Å². The standard InChI is InChI=1S/C24H25F2N5O2/c1-4-27-31-13(2)28-19(23(25)26)12-21(31)16-10-8-15-9-11-20(16)30(15)24(32)17-6-5-7-18-22(17)33-14(3)29-18/h4-7,12,15-16,20,23H,2,8-11H2,1,3H3/b27-4-. The maximum Gasteiger partial charge on any atom is 0.280 e. The average Bonchev–Trinajstić information content (AvgIpc) is 3.31. The first-order chi connectivity index (χ1) is 15.9. The summed E-state index contributed by atoms with van der Waals surface area (Å²) in [5, 5.41) is 5.86. The van der Waals surface area contributed by atoms with Gasteiger partial charge >= 0.3 is 0 Å². The highest BCUT2D eigenvalue weighted by Gasteiger charge is 2.48. The van der Waals surface area contributed by atoms with Crippen molar-refractivity contribution in [3.8, 4) is 0 Å². The zero-order chi connectivity index (χ0) is 23.3. The molecule has 1 amide bonds. The van der Waals surface area contributed by atoms with E-state index in [1.807, 2.05) is 11.0 Å². The number of alkyl halides is 2. The summed E-state index contributed by atoms with van der Waals surface area (Å²) in [5.41, 5.74) is 1.89. The van der Waals surface area contributed by atoms with Gasteiger partial charge in [0.15, 0.2) is 11.5 Å². The van der Waals surface area contributed by atoms with Crippen molar-refractivity contribution in [2.24, 2.45) is 16.0 Å². The SMILES string of the molecule is C=C1N=C(C(F)F)C=C(C2CCC3CCC2N3C(=O)c2cccc3nc(C)oc23)N1/N=C\C. The first kappa shape index (κ1) is 21.5. The van der Waals surface area contributed by atoms with Gasteiger partial charge in [-0.3, -0.25) is 4.79 Å². The van der Waals surface area contributed by atoms with E-state index >= 15 is 0 Å². The molecule has 3 aliphatic rings. The zero-order valence-corrected chi connectivity index (χ0v) is 18.5. The maximum absolute atomic E-state index is 13.8. The third-order valence-corrected chi connectivity index (χ3v) is 6.69. The number of piperidine rings is 1. The van der Waals surface area contributed by atoms with E-state index in [-0.39, 0.29) is 35.4 Å². The van der Waals surface area contributed by atoms with E-state index in [4.69, 9.17) is 4.42 Å². The van der Waals surface area contributed by atoms with Crippen molar-refractivity contribution in [1.82, 2.24) is 14.9 Å². The molecular weight excluding hydrogens is 428 g/mol. The smallest absolute Gasteiger partial charge is 0.280 e. The lowest BCUT2D eigenvalue weighted by Gasteiger charge is -2.43. The largest absolute Gasteiger partial charge is 0.440 e. The summed E-state index contributed by atoms with van der Waals surface area (Å²) < 4.78 is 32.9. The lowest BCUT2D eigenvalue weighted by molar-refractivity contribution is 0.0499. The van der Waals surface area contributed by atoms with Crippen LogP contribution in [0.1, 0.15) is 48.9 Å². The number of hydrogen-bond donors (Lipinski definition) is 0. The van der Waals surface area contributed by atoms with E-state index in [1.165, 1.54) is 11.1 Å². The Balaban J connectivity index is 1.53. The predicted octanol–water partition coefficient (Wildman–Crippen LogP) is 4.90. The van der Waals surface area contributed by atoms with Crippen LogP contribution in [0.2, 0.25) is 0 Å². The molecule has 9 heteroatoms. The number of benzene rings is 1. The van der Waals surface area contributed by atoms with E-state index in [2.05, 4.69) is 21.7 Å². The van der Waals surface area contributed by atoms with Crippen LogP contribution in [0, 0.1) is 12.8 Å². The number of rotatable bonds is 4. The van der Waals surface area contributed by atoms with Crippen molar-refractivity contribution in [3.63, 3.8) is 0 Å². The van der Waals surface area contributed by atoms with Gasteiger partial charge in [0.25, 0.3) is 12.3 Å². The number of fused-ring (bicyclic) bond motifs is 3. The highest BCUT2D eigenvalue weighted by Crippen LogP contribution is 2.45. The van der Waals surface area contributed by atoms with Crippen LogP contribution in [0.25, 0.3) is 11.1 Å². The average molecular weight is 453 g/mol. The number of aliphatic imine (C=N–C) groups is 1. The fourth-order valence-corrected chi connectivity index (χ4v) is 5.40. The topological polar surface area (TPSA) is 74.3 Å². The number of oxazole rings is 1. The number of carbonyl (C=O) groups is 1. The summed E-state index contributed by atoms with van der Waals surface area (Å²) >= 11 is 0. The number of aryl methyl sites for hydroxylation is 1. The second kappa shape index (κ2) is 8.20. The Morgan fingerprint density at radius 3 is 2.85 bits per heavy atom. The summed E-state index contributed by atoms with van der Waals surface area (Å²) in [6, 6.07) is 5.35. The highest BCUT2D eigenvalue weighted by molar-refractivity contribution is 6.04. The van der Waals surface area contributed by atoms with Crippen LogP contribution in [0.4, 0.5) is 8.78 Å².